The predicted octanol–water partition coefficient (Wildman–Crippen LogP) is 4.88. The Labute approximate surface area is 155 Å². The van der Waals surface area contributed by atoms with Crippen LogP contribution < -0.4 is 0 Å². The summed E-state index contributed by atoms with van der Waals surface area (Å²) >= 11 is 0. The van der Waals surface area contributed by atoms with Crippen molar-refractivity contribution in [2.45, 2.75) is 50.7 Å². The SMILES string of the molecule is O=C(c1cccc2c1CC=C2)C1CC2CCC(C1)N2Cc1ccccc1. The highest BCUT2D eigenvalue weighted by atomic mass is 16.1. The summed E-state index contributed by atoms with van der Waals surface area (Å²) < 4.78 is 0. The van der Waals surface area contributed by atoms with Crippen LogP contribution in [0, 0.1) is 5.92 Å². The monoisotopic (exact) mass is 343 g/mol. The van der Waals surface area contributed by atoms with Gasteiger partial charge >= 0.3 is 0 Å². The van der Waals surface area contributed by atoms with Crippen LogP contribution in [0.5, 0.6) is 0 Å². The van der Waals surface area contributed by atoms with Gasteiger partial charge in [-0.25, -0.2) is 0 Å². The number of carbonyl (C=O) groups is 1. The van der Waals surface area contributed by atoms with Crippen molar-refractivity contribution >= 4 is 11.9 Å². The fourth-order valence-electron chi connectivity index (χ4n) is 5.28. The number of fused-ring (bicyclic) bond motifs is 3. The third kappa shape index (κ3) is 2.73. The zero-order valence-corrected chi connectivity index (χ0v) is 15.1. The molecule has 2 bridgehead atoms. The van der Waals surface area contributed by atoms with Crippen LogP contribution in [0.25, 0.3) is 6.08 Å². The van der Waals surface area contributed by atoms with Crippen molar-refractivity contribution in [2.24, 2.45) is 5.92 Å². The molecule has 0 amide bonds. The number of benzene rings is 2. The minimum absolute atomic E-state index is 0.201. The molecule has 0 spiro atoms. The smallest absolute Gasteiger partial charge is 0.166 e. The Hall–Kier alpha value is -2.19. The largest absolute Gasteiger partial charge is 0.294 e. The summed E-state index contributed by atoms with van der Waals surface area (Å²) in [5.41, 5.74) is 4.85. The highest BCUT2D eigenvalue weighted by Gasteiger charge is 2.43. The van der Waals surface area contributed by atoms with Gasteiger partial charge in [-0.05, 0) is 48.8 Å². The maximum atomic E-state index is 13.3. The third-order valence-electron chi connectivity index (χ3n) is 6.56. The van der Waals surface area contributed by atoms with Gasteiger partial charge in [0.2, 0.25) is 0 Å². The molecule has 0 radical (unpaired) electrons. The van der Waals surface area contributed by atoms with Crippen LogP contribution in [0.3, 0.4) is 0 Å². The number of nitrogens with zero attached hydrogens (tertiary/aromatic N) is 1. The van der Waals surface area contributed by atoms with Gasteiger partial charge in [-0.3, -0.25) is 9.69 Å². The average Bonchev–Trinajstić information content (AvgIpc) is 3.23. The number of rotatable bonds is 4. The maximum Gasteiger partial charge on any atom is 0.166 e. The number of piperidine rings is 1. The summed E-state index contributed by atoms with van der Waals surface area (Å²) in [5, 5.41) is 0. The third-order valence-corrected chi connectivity index (χ3v) is 6.56. The first-order valence-corrected chi connectivity index (χ1v) is 9.92. The molecule has 5 rings (SSSR count). The molecule has 0 N–H and O–H groups in total. The van der Waals surface area contributed by atoms with Crippen molar-refractivity contribution in [2.75, 3.05) is 0 Å². The van der Waals surface area contributed by atoms with E-state index in [0.29, 0.717) is 17.9 Å². The Morgan fingerprint density at radius 2 is 1.73 bits per heavy atom. The van der Waals surface area contributed by atoms with E-state index in [4.69, 9.17) is 0 Å². The zero-order valence-electron chi connectivity index (χ0n) is 15.1. The molecule has 3 aliphatic rings. The normalized spacial score (nSPS) is 26.8. The number of Topliss-reactive ketones (excluding diaryl/α,β-unsaturated/α-hetero) is 1. The van der Waals surface area contributed by atoms with Gasteiger partial charge in [0.05, 0.1) is 0 Å². The fraction of sp³-hybridized carbons (Fsp3) is 0.375. The quantitative estimate of drug-likeness (QED) is 0.737. The van der Waals surface area contributed by atoms with E-state index in [1.54, 1.807) is 0 Å². The summed E-state index contributed by atoms with van der Waals surface area (Å²) in [6, 6.07) is 18.1. The topological polar surface area (TPSA) is 20.3 Å². The average molecular weight is 343 g/mol. The summed E-state index contributed by atoms with van der Waals surface area (Å²) in [5.74, 6) is 0.591. The van der Waals surface area contributed by atoms with E-state index in [1.807, 2.05) is 12.1 Å². The van der Waals surface area contributed by atoms with Gasteiger partial charge in [0.1, 0.15) is 0 Å². The minimum Gasteiger partial charge on any atom is -0.294 e. The molecule has 2 heterocycles. The van der Waals surface area contributed by atoms with Crippen molar-refractivity contribution in [1.29, 1.82) is 0 Å². The number of hydrogen-bond donors (Lipinski definition) is 0. The van der Waals surface area contributed by atoms with E-state index in [1.165, 1.54) is 29.5 Å². The second-order valence-electron chi connectivity index (χ2n) is 8.06. The van der Waals surface area contributed by atoms with Gasteiger partial charge in [0.25, 0.3) is 0 Å². The molecule has 2 aromatic carbocycles. The molecule has 2 heteroatoms. The van der Waals surface area contributed by atoms with Crippen LogP contribution in [-0.2, 0) is 13.0 Å². The van der Waals surface area contributed by atoms with E-state index in [2.05, 4.69) is 53.5 Å². The first-order chi connectivity index (χ1) is 12.8. The first kappa shape index (κ1) is 16.0. The van der Waals surface area contributed by atoms with Gasteiger partial charge < -0.3 is 0 Å². The first-order valence-electron chi connectivity index (χ1n) is 9.92. The summed E-state index contributed by atoms with van der Waals surface area (Å²) in [6.07, 6.45) is 9.78. The molecule has 2 fully saturated rings. The lowest BCUT2D eigenvalue weighted by molar-refractivity contribution is 0.0677. The summed E-state index contributed by atoms with van der Waals surface area (Å²) in [4.78, 5) is 16.0. The number of ketones is 1. The van der Waals surface area contributed by atoms with Crippen LogP contribution >= 0.6 is 0 Å². The van der Waals surface area contributed by atoms with Crippen LogP contribution in [0.1, 0.15) is 52.7 Å². The number of hydrogen-bond acceptors (Lipinski definition) is 2. The minimum atomic E-state index is 0.201. The van der Waals surface area contributed by atoms with Crippen LogP contribution in [0.2, 0.25) is 0 Å². The molecule has 2 unspecified atom stereocenters. The second kappa shape index (κ2) is 6.51. The van der Waals surface area contributed by atoms with E-state index >= 15 is 0 Å². The lowest BCUT2D eigenvalue weighted by atomic mass is 9.83. The highest BCUT2D eigenvalue weighted by molar-refractivity contribution is 6.00. The van der Waals surface area contributed by atoms with E-state index in [0.717, 1.165) is 31.4 Å². The van der Waals surface area contributed by atoms with Gasteiger partial charge in [-0.1, -0.05) is 60.7 Å². The van der Waals surface area contributed by atoms with E-state index < -0.39 is 0 Å². The Balaban J connectivity index is 1.33. The van der Waals surface area contributed by atoms with Crippen molar-refractivity contribution in [3.05, 3.63) is 76.9 Å². The Kier molecular flexibility index (Phi) is 4.01. The van der Waals surface area contributed by atoms with Gasteiger partial charge in [0, 0.05) is 30.1 Å². The number of carbonyl (C=O) groups excluding carboxylic acids is 1. The molecule has 0 aromatic heterocycles. The van der Waals surface area contributed by atoms with Crippen LogP contribution in [0.4, 0.5) is 0 Å². The predicted molar refractivity (Wildman–Crippen MR) is 105 cm³/mol. The Morgan fingerprint density at radius 1 is 0.962 bits per heavy atom. The van der Waals surface area contributed by atoms with Crippen molar-refractivity contribution in [3.63, 3.8) is 0 Å². The highest BCUT2D eigenvalue weighted by Crippen LogP contribution is 2.41. The molecular weight excluding hydrogens is 318 g/mol. The Bertz CT molecular complexity index is 840. The van der Waals surface area contributed by atoms with Gasteiger partial charge in [-0.2, -0.15) is 0 Å². The van der Waals surface area contributed by atoms with Crippen molar-refractivity contribution in [3.8, 4) is 0 Å². The van der Waals surface area contributed by atoms with Gasteiger partial charge in [0.15, 0.2) is 5.78 Å². The molecule has 2 aromatic rings. The molecule has 1 aliphatic carbocycles. The van der Waals surface area contributed by atoms with Crippen LogP contribution in [0.15, 0.2) is 54.6 Å². The molecule has 2 aliphatic heterocycles. The molecular formula is C24H25NO. The summed E-state index contributed by atoms with van der Waals surface area (Å²) in [7, 11) is 0. The van der Waals surface area contributed by atoms with Crippen molar-refractivity contribution in [1.82, 2.24) is 4.90 Å². The summed E-state index contributed by atoms with van der Waals surface area (Å²) in [6.45, 7) is 1.03. The molecule has 2 nitrogen and oxygen atoms in total. The molecule has 26 heavy (non-hydrogen) atoms. The van der Waals surface area contributed by atoms with E-state index in [9.17, 15) is 4.79 Å². The number of allylic oxidation sites excluding steroid dienone is 1. The fourth-order valence-corrected chi connectivity index (χ4v) is 5.28. The lowest BCUT2D eigenvalue weighted by Crippen LogP contribution is -2.44. The Morgan fingerprint density at radius 3 is 2.50 bits per heavy atom. The second-order valence-corrected chi connectivity index (χ2v) is 8.06. The zero-order chi connectivity index (χ0) is 17.5. The van der Waals surface area contributed by atoms with Crippen molar-refractivity contribution < 1.29 is 4.79 Å². The van der Waals surface area contributed by atoms with Gasteiger partial charge in [-0.15, -0.1) is 0 Å². The maximum absolute atomic E-state index is 13.3. The van der Waals surface area contributed by atoms with Crippen LogP contribution in [-0.4, -0.2) is 22.8 Å². The lowest BCUT2D eigenvalue weighted by Gasteiger charge is -2.38. The molecule has 2 saturated heterocycles. The molecule has 0 saturated carbocycles. The molecule has 132 valence electrons. The molecule has 2 atom stereocenters. The van der Waals surface area contributed by atoms with E-state index in [-0.39, 0.29) is 5.92 Å². The standard InChI is InChI=1S/C24H25NO/c26-24(23-11-5-9-18-8-4-10-22(18)23)19-14-20-12-13-21(15-19)25(20)16-17-6-2-1-3-7-17/h1-9,11,19-21H,10,12-16H2.